The molecule has 0 aromatic heterocycles. The molecule has 1 aromatic carbocycles. The molecular formula is C12H16BrNO. The number of ether oxygens (including phenoxy) is 1. The molecule has 15 heavy (non-hydrogen) atoms. The lowest BCUT2D eigenvalue weighted by molar-refractivity contribution is 0.252. The van der Waals surface area contributed by atoms with Gasteiger partial charge in [-0.3, -0.25) is 0 Å². The van der Waals surface area contributed by atoms with Gasteiger partial charge in [-0.15, -0.1) is 0 Å². The van der Waals surface area contributed by atoms with E-state index in [1.165, 1.54) is 12.0 Å². The van der Waals surface area contributed by atoms with Gasteiger partial charge in [0.25, 0.3) is 0 Å². The lowest BCUT2D eigenvalue weighted by atomic mass is 9.72. The molecule has 1 saturated carbocycles. The third-order valence-corrected chi connectivity index (χ3v) is 4.16. The van der Waals surface area contributed by atoms with Crippen molar-refractivity contribution in [2.75, 3.05) is 7.11 Å². The lowest BCUT2D eigenvalue weighted by Gasteiger charge is -2.39. The van der Waals surface area contributed by atoms with Gasteiger partial charge in [-0.2, -0.15) is 0 Å². The first-order valence-corrected chi connectivity index (χ1v) is 5.99. The Hall–Kier alpha value is -0.540. The monoisotopic (exact) mass is 269 g/mol. The normalized spacial score (nSPS) is 18.4. The fourth-order valence-electron chi connectivity index (χ4n) is 2.00. The summed E-state index contributed by atoms with van der Waals surface area (Å²) >= 11 is 3.55. The number of methoxy groups -OCH3 is 1. The number of hydrogen-bond donors (Lipinski definition) is 1. The van der Waals surface area contributed by atoms with Crippen LogP contribution in [0.1, 0.15) is 30.4 Å². The third-order valence-electron chi connectivity index (χ3n) is 3.34. The molecule has 2 N–H and O–H groups in total. The molecule has 1 aliphatic carbocycles. The van der Waals surface area contributed by atoms with Gasteiger partial charge < -0.3 is 10.5 Å². The summed E-state index contributed by atoms with van der Waals surface area (Å²) in [5.41, 5.74) is 8.48. The standard InChI is InChI=1S/C12H16BrNO/c1-8-10(13)6-9(7-11(8)15-2)12(14)4-3-5-12/h6-7H,3-5,14H2,1-2H3. The molecule has 0 heterocycles. The van der Waals surface area contributed by atoms with Crippen molar-refractivity contribution in [1.82, 2.24) is 0 Å². The predicted molar refractivity (Wildman–Crippen MR) is 65.1 cm³/mol. The maximum Gasteiger partial charge on any atom is 0.123 e. The second-order valence-corrected chi connectivity index (χ2v) is 5.15. The van der Waals surface area contributed by atoms with E-state index in [4.69, 9.17) is 10.5 Å². The highest BCUT2D eigenvalue weighted by molar-refractivity contribution is 9.10. The summed E-state index contributed by atoms with van der Waals surface area (Å²) in [6.45, 7) is 2.04. The van der Waals surface area contributed by atoms with Gasteiger partial charge in [0.05, 0.1) is 7.11 Å². The van der Waals surface area contributed by atoms with Crippen LogP contribution in [-0.4, -0.2) is 7.11 Å². The van der Waals surface area contributed by atoms with Crippen LogP contribution in [0.4, 0.5) is 0 Å². The van der Waals surface area contributed by atoms with Crippen molar-refractivity contribution in [2.24, 2.45) is 5.73 Å². The van der Waals surface area contributed by atoms with Gasteiger partial charge >= 0.3 is 0 Å². The fraction of sp³-hybridized carbons (Fsp3) is 0.500. The van der Waals surface area contributed by atoms with Crippen LogP contribution in [0.25, 0.3) is 0 Å². The highest BCUT2D eigenvalue weighted by atomic mass is 79.9. The number of nitrogens with two attached hydrogens (primary N) is 1. The van der Waals surface area contributed by atoms with Crippen LogP contribution < -0.4 is 10.5 Å². The lowest BCUT2D eigenvalue weighted by Crippen LogP contribution is -2.43. The zero-order valence-corrected chi connectivity index (χ0v) is 10.7. The summed E-state index contributed by atoms with van der Waals surface area (Å²) in [5.74, 6) is 0.913. The van der Waals surface area contributed by atoms with Gasteiger partial charge in [0.2, 0.25) is 0 Å². The first-order chi connectivity index (χ1) is 7.07. The molecule has 0 unspecified atom stereocenters. The zero-order chi connectivity index (χ0) is 11.1. The summed E-state index contributed by atoms with van der Waals surface area (Å²) in [5, 5.41) is 0. The van der Waals surface area contributed by atoms with Gasteiger partial charge in [0, 0.05) is 15.6 Å². The van der Waals surface area contributed by atoms with E-state index in [-0.39, 0.29) is 5.54 Å². The molecule has 0 bridgehead atoms. The second kappa shape index (κ2) is 3.80. The molecule has 0 aliphatic heterocycles. The SMILES string of the molecule is COc1cc(C2(N)CCC2)cc(Br)c1C. The average Bonchev–Trinajstić information content (AvgIpc) is 2.18. The highest BCUT2D eigenvalue weighted by Gasteiger charge is 2.35. The van der Waals surface area contributed by atoms with Gasteiger partial charge in [0.15, 0.2) is 0 Å². The Morgan fingerprint density at radius 2 is 2.07 bits per heavy atom. The van der Waals surface area contributed by atoms with Gasteiger partial charge in [-0.05, 0) is 43.9 Å². The van der Waals surface area contributed by atoms with E-state index in [0.717, 1.165) is 28.6 Å². The fourth-order valence-corrected chi connectivity index (χ4v) is 2.44. The van der Waals surface area contributed by atoms with E-state index in [9.17, 15) is 0 Å². The summed E-state index contributed by atoms with van der Waals surface area (Å²) in [7, 11) is 1.70. The number of halogens is 1. The molecule has 82 valence electrons. The van der Waals surface area contributed by atoms with Crippen molar-refractivity contribution in [3.05, 3.63) is 27.7 Å². The average molecular weight is 270 g/mol. The maximum absolute atomic E-state index is 6.29. The quantitative estimate of drug-likeness (QED) is 0.896. The van der Waals surface area contributed by atoms with Gasteiger partial charge in [0.1, 0.15) is 5.75 Å². The molecular weight excluding hydrogens is 254 g/mol. The Kier molecular flexibility index (Phi) is 2.77. The Bertz CT molecular complexity index is 385. The number of benzene rings is 1. The van der Waals surface area contributed by atoms with Crippen LogP contribution in [0.2, 0.25) is 0 Å². The van der Waals surface area contributed by atoms with Crippen LogP contribution in [0.3, 0.4) is 0 Å². The Morgan fingerprint density at radius 3 is 2.53 bits per heavy atom. The molecule has 0 amide bonds. The minimum absolute atomic E-state index is 0.122. The molecule has 1 aliphatic rings. The molecule has 1 fully saturated rings. The molecule has 1 aromatic rings. The molecule has 0 atom stereocenters. The molecule has 3 heteroatoms. The van der Waals surface area contributed by atoms with Crippen LogP contribution in [0, 0.1) is 6.92 Å². The number of hydrogen-bond acceptors (Lipinski definition) is 2. The van der Waals surface area contributed by atoms with Crippen molar-refractivity contribution >= 4 is 15.9 Å². The van der Waals surface area contributed by atoms with E-state index < -0.39 is 0 Å². The maximum atomic E-state index is 6.29. The Labute approximate surface area is 98.9 Å². The van der Waals surface area contributed by atoms with E-state index in [0.29, 0.717) is 0 Å². The van der Waals surface area contributed by atoms with E-state index >= 15 is 0 Å². The summed E-state index contributed by atoms with van der Waals surface area (Å²) < 4.78 is 6.42. The van der Waals surface area contributed by atoms with Gasteiger partial charge in [-0.1, -0.05) is 15.9 Å². The third kappa shape index (κ3) is 1.79. The highest BCUT2D eigenvalue weighted by Crippen LogP contribution is 2.41. The smallest absolute Gasteiger partial charge is 0.123 e. The largest absolute Gasteiger partial charge is 0.496 e. The van der Waals surface area contributed by atoms with Crippen LogP contribution in [0.15, 0.2) is 16.6 Å². The topological polar surface area (TPSA) is 35.2 Å². The first kappa shape index (κ1) is 11.0. The van der Waals surface area contributed by atoms with Crippen LogP contribution >= 0.6 is 15.9 Å². The summed E-state index contributed by atoms with van der Waals surface area (Å²) in [4.78, 5) is 0. The van der Waals surface area contributed by atoms with Crippen LogP contribution in [-0.2, 0) is 5.54 Å². The van der Waals surface area contributed by atoms with Crippen LogP contribution in [0.5, 0.6) is 5.75 Å². The first-order valence-electron chi connectivity index (χ1n) is 5.20. The molecule has 0 saturated heterocycles. The molecule has 0 spiro atoms. The van der Waals surface area contributed by atoms with Gasteiger partial charge in [-0.25, -0.2) is 0 Å². The van der Waals surface area contributed by atoms with Crippen molar-refractivity contribution in [1.29, 1.82) is 0 Å². The minimum atomic E-state index is -0.122. The molecule has 0 radical (unpaired) electrons. The summed E-state index contributed by atoms with van der Waals surface area (Å²) in [6.07, 6.45) is 3.38. The summed E-state index contributed by atoms with van der Waals surface area (Å²) in [6, 6.07) is 4.19. The second-order valence-electron chi connectivity index (χ2n) is 4.30. The predicted octanol–water partition coefficient (Wildman–Crippen LogP) is 3.10. The minimum Gasteiger partial charge on any atom is -0.496 e. The molecule has 2 rings (SSSR count). The van der Waals surface area contributed by atoms with Crippen molar-refractivity contribution in [3.8, 4) is 5.75 Å². The van der Waals surface area contributed by atoms with Crippen molar-refractivity contribution in [2.45, 2.75) is 31.7 Å². The Balaban J connectivity index is 2.45. The number of rotatable bonds is 2. The van der Waals surface area contributed by atoms with E-state index in [1.807, 2.05) is 6.92 Å². The zero-order valence-electron chi connectivity index (χ0n) is 9.14. The molecule has 2 nitrogen and oxygen atoms in total. The van der Waals surface area contributed by atoms with Crippen molar-refractivity contribution in [3.63, 3.8) is 0 Å². The van der Waals surface area contributed by atoms with Crippen molar-refractivity contribution < 1.29 is 4.74 Å². The van der Waals surface area contributed by atoms with E-state index in [1.54, 1.807) is 7.11 Å². The van der Waals surface area contributed by atoms with E-state index in [2.05, 4.69) is 28.1 Å². The Morgan fingerprint density at radius 1 is 1.40 bits per heavy atom.